The number of thiazole rings is 1. The number of aromatic nitrogens is 1. The van der Waals surface area contributed by atoms with Crippen molar-refractivity contribution in [2.75, 3.05) is 18.0 Å². The van der Waals surface area contributed by atoms with Crippen LogP contribution in [-0.4, -0.2) is 40.4 Å². The summed E-state index contributed by atoms with van der Waals surface area (Å²) in [7, 11) is 0. The molecule has 0 spiro atoms. The smallest absolute Gasteiger partial charge is 0.347 e. The third-order valence-electron chi connectivity index (χ3n) is 3.77. The Kier molecular flexibility index (Phi) is 3.29. The Hall–Kier alpha value is -1.14. The number of carboxylic acid groups (broad SMARTS) is 1. The predicted octanol–water partition coefficient (Wildman–Crippen LogP) is 3.11. The molecule has 6 heteroatoms. The summed E-state index contributed by atoms with van der Waals surface area (Å²) < 4.78 is 6.08. The quantitative estimate of drug-likeness (QED) is 0.929. The number of morpholine rings is 1. The van der Waals surface area contributed by atoms with Gasteiger partial charge in [0.05, 0.1) is 16.9 Å². The largest absolute Gasteiger partial charge is 0.477 e. The molecule has 2 fully saturated rings. The van der Waals surface area contributed by atoms with Crippen molar-refractivity contribution >= 4 is 22.4 Å². The third kappa shape index (κ3) is 3.06. The van der Waals surface area contributed by atoms with Gasteiger partial charge in [-0.2, -0.15) is 0 Å². The molecule has 1 aliphatic heterocycles. The van der Waals surface area contributed by atoms with E-state index in [0.717, 1.165) is 36.8 Å². The summed E-state index contributed by atoms with van der Waals surface area (Å²) in [5.41, 5.74) is 0.247. The van der Waals surface area contributed by atoms with E-state index in [4.69, 9.17) is 4.74 Å². The molecule has 0 atom stereocenters. The molecule has 2 heterocycles. The zero-order valence-corrected chi connectivity index (χ0v) is 13.8. The molecule has 0 bridgehead atoms. The van der Waals surface area contributed by atoms with Gasteiger partial charge in [0.15, 0.2) is 5.13 Å². The molecule has 1 N–H and O–H groups in total. The average molecular weight is 310 g/mol. The monoisotopic (exact) mass is 310 g/mol. The number of nitrogens with zero attached hydrogens (tertiary/aromatic N) is 2. The molecule has 0 radical (unpaired) electrons. The Balaban J connectivity index is 1.92. The van der Waals surface area contributed by atoms with Crippen LogP contribution in [0.15, 0.2) is 0 Å². The van der Waals surface area contributed by atoms with Crippen molar-refractivity contribution in [1.82, 2.24) is 4.98 Å². The maximum atomic E-state index is 11.4. The molecule has 3 rings (SSSR count). The predicted molar refractivity (Wildman–Crippen MR) is 82.5 cm³/mol. The first kappa shape index (κ1) is 14.8. The molecule has 0 aromatic carbocycles. The van der Waals surface area contributed by atoms with E-state index in [2.05, 4.69) is 37.6 Å². The highest BCUT2D eigenvalue weighted by atomic mass is 32.1. The number of anilines is 1. The molecule has 0 amide bonds. The number of carboxylic acids is 1. The van der Waals surface area contributed by atoms with Crippen molar-refractivity contribution in [3.05, 3.63) is 10.6 Å². The lowest BCUT2D eigenvalue weighted by Gasteiger charge is -2.47. The first-order valence-electron chi connectivity index (χ1n) is 7.36. The lowest BCUT2D eigenvalue weighted by Crippen LogP contribution is -2.57. The average Bonchev–Trinajstić information content (AvgIpc) is 3.03. The van der Waals surface area contributed by atoms with Gasteiger partial charge in [-0.3, -0.25) is 0 Å². The molecule has 1 aromatic heterocycles. The van der Waals surface area contributed by atoms with Gasteiger partial charge in [0.2, 0.25) is 0 Å². The van der Waals surface area contributed by atoms with Gasteiger partial charge in [0.25, 0.3) is 0 Å². The third-order valence-corrected chi connectivity index (χ3v) is 4.89. The van der Waals surface area contributed by atoms with Crippen LogP contribution in [0.3, 0.4) is 0 Å². The minimum atomic E-state index is -0.854. The van der Waals surface area contributed by atoms with E-state index in [1.807, 2.05) is 0 Å². The lowest BCUT2D eigenvalue weighted by atomic mass is 9.99. The van der Waals surface area contributed by atoms with Gasteiger partial charge >= 0.3 is 5.97 Å². The molecular weight excluding hydrogens is 288 g/mol. The van der Waals surface area contributed by atoms with Gasteiger partial charge < -0.3 is 14.7 Å². The van der Waals surface area contributed by atoms with Crippen molar-refractivity contribution in [2.45, 2.75) is 57.7 Å². The maximum Gasteiger partial charge on any atom is 0.347 e. The molecule has 1 aliphatic carbocycles. The number of hydrogen-bond acceptors (Lipinski definition) is 5. The van der Waals surface area contributed by atoms with Crippen LogP contribution in [0.5, 0.6) is 0 Å². The number of aromatic carboxylic acids is 1. The van der Waals surface area contributed by atoms with Crippen LogP contribution in [0.4, 0.5) is 5.13 Å². The second-order valence-electron chi connectivity index (χ2n) is 7.27. The highest BCUT2D eigenvalue weighted by molar-refractivity contribution is 7.17. The minimum Gasteiger partial charge on any atom is -0.477 e. The molecule has 21 heavy (non-hydrogen) atoms. The number of ether oxygens (including phenoxy) is 1. The Morgan fingerprint density at radius 2 is 1.86 bits per heavy atom. The van der Waals surface area contributed by atoms with Crippen molar-refractivity contribution in [1.29, 1.82) is 0 Å². The van der Waals surface area contributed by atoms with Gasteiger partial charge in [0, 0.05) is 19.0 Å². The lowest BCUT2D eigenvalue weighted by molar-refractivity contribution is -0.133. The van der Waals surface area contributed by atoms with Gasteiger partial charge in [-0.1, -0.05) is 11.3 Å². The fourth-order valence-corrected chi connectivity index (χ4v) is 4.15. The number of hydrogen-bond donors (Lipinski definition) is 1. The molecule has 2 aliphatic rings. The zero-order valence-electron chi connectivity index (χ0n) is 13.0. The molecule has 1 saturated carbocycles. The van der Waals surface area contributed by atoms with E-state index in [9.17, 15) is 9.90 Å². The molecule has 1 aromatic rings. The molecule has 1 saturated heterocycles. The Labute approximate surface area is 128 Å². The van der Waals surface area contributed by atoms with Gasteiger partial charge in [-0.05, 0) is 40.5 Å². The van der Waals surface area contributed by atoms with Gasteiger partial charge in [-0.25, -0.2) is 9.78 Å². The summed E-state index contributed by atoms with van der Waals surface area (Å²) >= 11 is 1.30. The van der Waals surface area contributed by atoms with E-state index >= 15 is 0 Å². The van der Waals surface area contributed by atoms with Crippen LogP contribution in [0.25, 0.3) is 0 Å². The van der Waals surface area contributed by atoms with Crippen molar-refractivity contribution in [2.24, 2.45) is 0 Å². The van der Waals surface area contributed by atoms with E-state index in [0.29, 0.717) is 10.8 Å². The maximum absolute atomic E-state index is 11.4. The molecule has 0 unspecified atom stereocenters. The van der Waals surface area contributed by atoms with Crippen LogP contribution >= 0.6 is 11.3 Å². The summed E-state index contributed by atoms with van der Waals surface area (Å²) in [6.07, 6.45) is 2.12. The summed E-state index contributed by atoms with van der Waals surface area (Å²) in [5, 5.41) is 10.2. The zero-order chi connectivity index (χ0) is 15.4. The van der Waals surface area contributed by atoms with Crippen LogP contribution in [-0.2, 0) is 4.74 Å². The van der Waals surface area contributed by atoms with Crippen LogP contribution in [0.1, 0.15) is 61.8 Å². The Morgan fingerprint density at radius 1 is 1.29 bits per heavy atom. The normalized spacial score (nSPS) is 24.1. The Bertz CT molecular complexity index is 559. The highest BCUT2D eigenvalue weighted by Gasteiger charge is 2.40. The summed E-state index contributed by atoms with van der Waals surface area (Å²) in [6.45, 7) is 9.71. The van der Waals surface area contributed by atoms with Crippen molar-refractivity contribution < 1.29 is 14.6 Å². The number of carbonyl (C=O) groups is 1. The van der Waals surface area contributed by atoms with Crippen molar-refractivity contribution in [3.8, 4) is 0 Å². The summed E-state index contributed by atoms with van der Waals surface area (Å²) in [6, 6.07) is 0. The molecular formula is C15H22N2O3S. The fourth-order valence-electron chi connectivity index (χ4n) is 3.17. The van der Waals surface area contributed by atoms with Crippen LogP contribution in [0, 0.1) is 0 Å². The van der Waals surface area contributed by atoms with E-state index in [1.165, 1.54) is 11.3 Å². The van der Waals surface area contributed by atoms with Crippen LogP contribution in [0.2, 0.25) is 0 Å². The second-order valence-corrected chi connectivity index (χ2v) is 8.25. The minimum absolute atomic E-state index is 0.267. The SMILES string of the molecule is CC1(C)CN(c2nc(C3CC3)c(C(=O)O)s2)CC(C)(C)O1. The van der Waals surface area contributed by atoms with Crippen LogP contribution < -0.4 is 4.90 Å². The fraction of sp³-hybridized carbons (Fsp3) is 0.733. The van der Waals surface area contributed by atoms with Crippen molar-refractivity contribution in [3.63, 3.8) is 0 Å². The van der Waals surface area contributed by atoms with E-state index in [1.54, 1.807) is 0 Å². The topological polar surface area (TPSA) is 62.7 Å². The standard InChI is InChI=1S/C15H22N2O3S/c1-14(2)7-17(8-15(3,4)20-14)13-16-10(9-5-6-9)11(21-13)12(18)19/h9H,5-8H2,1-4H3,(H,18,19). The van der Waals surface area contributed by atoms with E-state index < -0.39 is 5.97 Å². The van der Waals surface area contributed by atoms with Gasteiger partial charge in [-0.15, -0.1) is 0 Å². The molecule has 5 nitrogen and oxygen atoms in total. The summed E-state index contributed by atoms with van der Waals surface area (Å²) in [4.78, 5) is 18.7. The van der Waals surface area contributed by atoms with Gasteiger partial charge in [0.1, 0.15) is 4.88 Å². The first-order chi connectivity index (χ1) is 9.67. The Morgan fingerprint density at radius 3 is 2.33 bits per heavy atom. The summed E-state index contributed by atoms with van der Waals surface area (Å²) in [5.74, 6) is -0.504. The number of rotatable bonds is 3. The second kappa shape index (κ2) is 4.68. The molecule has 116 valence electrons. The van der Waals surface area contributed by atoms with E-state index in [-0.39, 0.29) is 11.2 Å². The first-order valence-corrected chi connectivity index (χ1v) is 8.18. The highest BCUT2D eigenvalue weighted by Crippen LogP contribution is 2.45.